The predicted octanol–water partition coefficient (Wildman–Crippen LogP) is 1.29. The van der Waals surface area contributed by atoms with Crippen molar-refractivity contribution in [2.24, 2.45) is 5.16 Å². The summed E-state index contributed by atoms with van der Waals surface area (Å²) in [7, 11) is 3.03. The molecule has 8 heteroatoms. The summed E-state index contributed by atoms with van der Waals surface area (Å²) in [6.07, 6.45) is 0.989. The smallest absolute Gasteiger partial charge is 0.433 e. The number of nitrogens with one attached hydrogen (secondary N) is 1. The number of amides is 1. The highest BCUT2D eigenvalue weighted by Crippen LogP contribution is 2.42. The number of ether oxygens (including phenoxy) is 1. The van der Waals surface area contributed by atoms with Crippen LogP contribution in [0, 0.1) is 0 Å². The molecule has 1 aromatic heterocycles. The molecule has 0 aromatic carbocycles. The number of oxime groups is 1. The van der Waals surface area contributed by atoms with Crippen molar-refractivity contribution in [3.8, 4) is 5.88 Å². The van der Waals surface area contributed by atoms with Gasteiger partial charge in [-0.05, 0) is 13.8 Å². The van der Waals surface area contributed by atoms with Gasteiger partial charge < -0.3 is 10.1 Å². The van der Waals surface area contributed by atoms with E-state index in [1.807, 2.05) is 13.8 Å². The van der Waals surface area contributed by atoms with Crippen molar-refractivity contribution in [2.75, 3.05) is 14.2 Å². The van der Waals surface area contributed by atoms with Crippen LogP contribution in [0.3, 0.4) is 0 Å². The zero-order valence-electron chi connectivity index (χ0n) is 10.6. The fourth-order valence-electron chi connectivity index (χ4n) is 1.56. The van der Waals surface area contributed by atoms with E-state index in [9.17, 15) is 4.79 Å². The van der Waals surface area contributed by atoms with Crippen LogP contribution in [0.15, 0.2) is 16.5 Å². The summed E-state index contributed by atoms with van der Waals surface area (Å²) in [5, 5.41) is 6.99. The molecule has 0 radical (unpaired) electrons. The number of nitrogens with zero attached hydrogens (tertiary/aromatic N) is 3. The highest BCUT2D eigenvalue weighted by Gasteiger charge is 2.40. The van der Waals surface area contributed by atoms with Gasteiger partial charge in [0.15, 0.2) is 11.0 Å². The van der Waals surface area contributed by atoms with Gasteiger partial charge in [0.1, 0.15) is 0 Å². The number of carbonyl (C=O) groups excluding carboxylic acids is 1. The zero-order chi connectivity index (χ0) is 13.3. The van der Waals surface area contributed by atoms with E-state index < -0.39 is 6.09 Å². The van der Waals surface area contributed by atoms with E-state index in [0.717, 1.165) is 5.16 Å². The Bertz CT molecular complexity index is 509. The maximum absolute atomic E-state index is 11.1. The topological polar surface area (TPSA) is 77.7 Å². The molecule has 2 heterocycles. The van der Waals surface area contributed by atoms with Gasteiger partial charge in [0, 0.05) is 7.05 Å². The average molecular weight is 270 g/mol. The van der Waals surface area contributed by atoms with E-state index in [2.05, 4.69) is 15.5 Å². The minimum Gasteiger partial charge on any atom is -0.481 e. The zero-order valence-corrected chi connectivity index (χ0v) is 11.4. The third-order valence-corrected chi connectivity index (χ3v) is 3.59. The molecule has 0 saturated heterocycles. The number of hydrogen-bond acceptors (Lipinski definition) is 6. The molecule has 0 spiro atoms. The number of hydrogen-bond donors (Lipinski definition) is 1. The number of thioether (sulfide) groups is 1. The van der Waals surface area contributed by atoms with Crippen LogP contribution in [0.4, 0.5) is 4.79 Å². The predicted molar refractivity (Wildman–Crippen MR) is 67.1 cm³/mol. The molecule has 0 bridgehead atoms. The van der Waals surface area contributed by atoms with Gasteiger partial charge in [0.25, 0.3) is 0 Å². The summed E-state index contributed by atoms with van der Waals surface area (Å²) < 4.78 is 6.59. The fourth-order valence-corrected chi connectivity index (χ4v) is 2.60. The average Bonchev–Trinajstić information content (AvgIpc) is 2.81. The quantitative estimate of drug-likeness (QED) is 0.647. The molecule has 0 unspecified atom stereocenters. The van der Waals surface area contributed by atoms with Crippen molar-refractivity contribution in [2.45, 2.75) is 23.8 Å². The minimum absolute atomic E-state index is 0.342. The molecule has 18 heavy (non-hydrogen) atoms. The van der Waals surface area contributed by atoms with Crippen molar-refractivity contribution in [1.29, 1.82) is 0 Å². The molecular formula is C10H14N4O3S. The summed E-state index contributed by atoms with van der Waals surface area (Å²) in [5.74, 6) is 1.13. The second kappa shape index (κ2) is 4.52. The van der Waals surface area contributed by atoms with Crippen molar-refractivity contribution in [3.05, 3.63) is 6.20 Å². The van der Waals surface area contributed by atoms with Crippen LogP contribution in [0.25, 0.3) is 0 Å². The molecule has 1 aliphatic heterocycles. The molecular weight excluding hydrogens is 256 g/mol. The molecule has 0 saturated carbocycles. The van der Waals surface area contributed by atoms with Gasteiger partial charge >= 0.3 is 6.09 Å². The Hall–Kier alpha value is -1.70. The molecule has 0 atom stereocenters. The van der Waals surface area contributed by atoms with Gasteiger partial charge in [-0.3, -0.25) is 4.84 Å². The summed E-state index contributed by atoms with van der Waals surface area (Å²) in [6.45, 7) is 3.94. The molecule has 2 rings (SSSR count). The minimum atomic E-state index is -0.615. The number of aromatic nitrogens is 2. The molecule has 98 valence electrons. The van der Waals surface area contributed by atoms with Crippen LogP contribution in [-0.4, -0.2) is 40.4 Å². The second-order valence-corrected chi connectivity index (χ2v) is 5.66. The van der Waals surface area contributed by atoms with Gasteiger partial charge in [-0.25, -0.2) is 14.3 Å². The SMILES string of the molecule is CNC(=O)ON=C1n2c(OC)cnc2SC1(C)C. The molecule has 0 fully saturated rings. The lowest BCUT2D eigenvalue weighted by Crippen LogP contribution is -2.29. The number of methoxy groups -OCH3 is 1. The summed E-state index contributed by atoms with van der Waals surface area (Å²) in [5.41, 5.74) is 0. The Labute approximate surface area is 109 Å². The Morgan fingerprint density at radius 1 is 1.61 bits per heavy atom. The lowest BCUT2D eigenvalue weighted by Gasteiger charge is -2.16. The van der Waals surface area contributed by atoms with Gasteiger partial charge in [-0.1, -0.05) is 16.9 Å². The summed E-state index contributed by atoms with van der Waals surface area (Å²) in [6, 6.07) is 0. The Balaban J connectivity index is 2.38. The fraction of sp³-hybridized carbons (Fsp3) is 0.500. The molecule has 1 aromatic rings. The largest absolute Gasteiger partial charge is 0.481 e. The van der Waals surface area contributed by atoms with Crippen LogP contribution in [0.5, 0.6) is 5.88 Å². The lowest BCUT2D eigenvalue weighted by atomic mass is 10.2. The Morgan fingerprint density at radius 2 is 2.33 bits per heavy atom. The first-order valence-corrected chi connectivity index (χ1v) is 6.09. The second-order valence-electron chi connectivity index (χ2n) is 4.07. The third kappa shape index (κ3) is 2.03. The molecule has 1 amide bonds. The number of fused-ring (bicyclic) bond motifs is 1. The molecule has 1 N–H and O–H groups in total. The van der Waals surface area contributed by atoms with Crippen molar-refractivity contribution in [1.82, 2.24) is 14.9 Å². The molecule has 7 nitrogen and oxygen atoms in total. The number of rotatable bonds is 2. The Kier molecular flexibility index (Phi) is 3.20. The Morgan fingerprint density at radius 3 is 2.94 bits per heavy atom. The van der Waals surface area contributed by atoms with E-state index in [1.54, 1.807) is 17.9 Å². The third-order valence-electron chi connectivity index (χ3n) is 2.42. The monoisotopic (exact) mass is 270 g/mol. The van der Waals surface area contributed by atoms with Gasteiger partial charge in [0.2, 0.25) is 5.88 Å². The van der Waals surface area contributed by atoms with Crippen LogP contribution in [0.2, 0.25) is 0 Å². The van der Waals surface area contributed by atoms with Crippen molar-refractivity contribution >= 4 is 23.7 Å². The standard InChI is InChI=1S/C10H14N4O3S/c1-10(2)7(13-17-9(15)11-3)14-6(16-4)5-12-8(14)18-10/h5H,1-4H3,(H,11,15). The highest BCUT2D eigenvalue weighted by molar-refractivity contribution is 8.01. The van der Waals surface area contributed by atoms with E-state index in [0.29, 0.717) is 11.7 Å². The highest BCUT2D eigenvalue weighted by atomic mass is 32.2. The van der Waals surface area contributed by atoms with E-state index >= 15 is 0 Å². The number of carbonyl (C=O) groups is 1. The first-order valence-electron chi connectivity index (χ1n) is 5.28. The lowest BCUT2D eigenvalue weighted by molar-refractivity contribution is 0.152. The molecule has 0 aliphatic carbocycles. The van der Waals surface area contributed by atoms with Crippen LogP contribution >= 0.6 is 11.8 Å². The first-order chi connectivity index (χ1) is 8.49. The van der Waals surface area contributed by atoms with Crippen molar-refractivity contribution < 1.29 is 14.4 Å². The van der Waals surface area contributed by atoms with Crippen LogP contribution < -0.4 is 10.1 Å². The summed E-state index contributed by atoms with van der Waals surface area (Å²) >= 11 is 1.53. The maximum atomic E-state index is 11.1. The molecule has 1 aliphatic rings. The van der Waals surface area contributed by atoms with Crippen LogP contribution in [-0.2, 0) is 4.84 Å². The van der Waals surface area contributed by atoms with Gasteiger partial charge in [0.05, 0.1) is 18.1 Å². The maximum Gasteiger partial charge on any atom is 0.433 e. The van der Waals surface area contributed by atoms with Crippen molar-refractivity contribution in [3.63, 3.8) is 0 Å². The normalized spacial score (nSPS) is 18.6. The van der Waals surface area contributed by atoms with Crippen LogP contribution in [0.1, 0.15) is 13.8 Å². The number of imidazole rings is 1. The van der Waals surface area contributed by atoms with E-state index in [1.165, 1.54) is 18.8 Å². The van der Waals surface area contributed by atoms with Gasteiger partial charge in [-0.2, -0.15) is 0 Å². The van der Waals surface area contributed by atoms with E-state index in [4.69, 9.17) is 9.57 Å². The van der Waals surface area contributed by atoms with E-state index in [-0.39, 0.29) is 4.75 Å². The first kappa shape index (κ1) is 12.7. The summed E-state index contributed by atoms with van der Waals surface area (Å²) in [4.78, 5) is 20.1. The van der Waals surface area contributed by atoms with Gasteiger partial charge in [-0.15, -0.1) is 0 Å².